The first-order valence-electron chi connectivity index (χ1n) is 9.03. The van der Waals surface area contributed by atoms with Gasteiger partial charge in [0.1, 0.15) is 0 Å². The molecule has 0 heterocycles. The molecule has 0 aliphatic heterocycles. The lowest BCUT2D eigenvalue weighted by molar-refractivity contribution is -0.137. The summed E-state index contributed by atoms with van der Waals surface area (Å²) in [6, 6.07) is 0. The first-order chi connectivity index (χ1) is 10.1. The lowest BCUT2D eigenvalue weighted by Crippen LogP contribution is -1.98. The Bertz CT molecular complexity index is 227. The van der Waals surface area contributed by atoms with E-state index in [1.165, 1.54) is 70.6 Å². The smallest absolute Gasteiger partial charge is 0.303 e. The molecule has 126 valence electrons. The van der Waals surface area contributed by atoms with Gasteiger partial charge in [-0.1, -0.05) is 77.0 Å². The summed E-state index contributed by atoms with van der Waals surface area (Å²) in [5.41, 5.74) is 0. The lowest BCUT2D eigenvalue weighted by Gasteiger charge is -2.04. The first kappa shape index (κ1) is 20.4. The minimum atomic E-state index is -0.666. The minimum Gasteiger partial charge on any atom is -0.481 e. The summed E-state index contributed by atoms with van der Waals surface area (Å²) in [5.74, 6) is -0.666. The van der Waals surface area contributed by atoms with Crippen LogP contribution in [0.15, 0.2) is 0 Å². The van der Waals surface area contributed by atoms with Gasteiger partial charge in [0.2, 0.25) is 0 Å². The van der Waals surface area contributed by atoms with Gasteiger partial charge >= 0.3 is 5.97 Å². The molecule has 21 heavy (non-hydrogen) atoms. The molecule has 2 N–H and O–H groups in total. The number of carbonyl (C=O) groups is 1. The highest BCUT2D eigenvalue weighted by atomic mass is 16.4. The fraction of sp³-hybridized carbons (Fsp3) is 0.944. The maximum atomic E-state index is 10.3. The van der Waals surface area contributed by atoms with Gasteiger partial charge in [-0.2, -0.15) is 0 Å². The largest absolute Gasteiger partial charge is 0.481 e. The molecule has 3 nitrogen and oxygen atoms in total. The van der Waals surface area contributed by atoms with Gasteiger partial charge in [-0.25, -0.2) is 0 Å². The second-order valence-electron chi connectivity index (χ2n) is 6.38. The van der Waals surface area contributed by atoms with Crippen molar-refractivity contribution in [3.63, 3.8) is 0 Å². The molecule has 0 aromatic rings. The van der Waals surface area contributed by atoms with Gasteiger partial charge in [-0.05, 0) is 19.8 Å². The van der Waals surface area contributed by atoms with Crippen molar-refractivity contribution in [3.05, 3.63) is 0 Å². The molecule has 0 rings (SSSR count). The zero-order valence-electron chi connectivity index (χ0n) is 14.0. The van der Waals surface area contributed by atoms with Crippen LogP contribution >= 0.6 is 0 Å². The summed E-state index contributed by atoms with van der Waals surface area (Å²) in [5, 5.41) is 17.7. The first-order valence-corrected chi connectivity index (χ1v) is 9.03. The molecule has 0 amide bonds. The highest BCUT2D eigenvalue weighted by Gasteiger charge is 1.97. The van der Waals surface area contributed by atoms with Gasteiger partial charge in [0, 0.05) is 6.42 Å². The van der Waals surface area contributed by atoms with Crippen LogP contribution in [0.3, 0.4) is 0 Å². The maximum Gasteiger partial charge on any atom is 0.303 e. The van der Waals surface area contributed by atoms with Crippen molar-refractivity contribution in [2.45, 2.75) is 109 Å². The molecule has 0 aliphatic rings. The molecule has 0 aliphatic carbocycles. The maximum absolute atomic E-state index is 10.3. The van der Waals surface area contributed by atoms with Crippen molar-refractivity contribution in [3.8, 4) is 0 Å². The Kier molecular flexibility index (Phi) is 15.4. The molecule has 1 atom stereocenters. The third kappa shape index (κ3) is 19.4. The van der Waals surface area contributed by atoms with Crippen LogP contribution in [0.2, 0.25) is 0 Å². The molecule has 0 fully saturated rings. The topological polar surface area (TPSA) is 57.5 Å². The number of carboxylic acids is 1. The minimum absolute atomic E-state index is 0.130. The molecule has 0 unspecified atom stereocenters. The molecule has 0 radical (unpaired) electrons. The standard InChI is InChI=1S/C18H36O3/c1-17(19)15-13-11-9-7-5-3-2-4-6-8-10-12-14-16-18(20)21/h17,19H,2-16H2,1H3,(H,20,21)/t17-/m0/s1. The highest BCUT2D eigenvalue weighted by Crippen LogP contribution is 2.13. The van der Waals surface area contributed by atoms with E-state index in [1.807, 2.05) is 6.92 Å². The third-order valence-corrected chi connectivity index (χ3v) is 4.01. The molecule has 0 aromatic heterocycles. The van der Waals surface area contributed by atoms with Gasteiger partial charge in [0.25, 0.3) is 0 Å². The number of hydrogen-bond donors (Lipinski definition) is 2. The van der Waals surface area contributed by atoms with Crippen molar-refractivity contribution in [1.29, 1.82) is 0 Å². The third-order valence-electron chi connectivity index (χ3n) is 4.01. The fourth-order valence-corrected chi connectivity index (χ4v) is 2.66. The second-order valence-corrected chi connectivity index (χ2v) is 6.38. The van der Waals surface area contributed by atoms with Crippen LogP contribution in [-0.2, 0) is 4.79 Å². The fourth-order valence-electron chi connectivity index (χ4n) is 2.66. The van der Waals surface area contributed by atoms with Crippen molar-refractivity contribution in [1.82, 2.24) is 0 Å². The van der Waals surface area contributed by atoms with Crippen LogP contribution in [0.25, 0.3) is 0 Å². The molecular formula is C18H36O3. The zero-order chi connectivity index (χ0) is 15.8. The van der Waals surface area contributed by atoms with Crippen LogP contribution in [0, 0.1) is 0 Å². The molecule has 0 saturated carbocycles. The normalized spacial score (nSPS) is 12.5. The Labute approximate surface area is 131 Å². The molecule has 0 aromatic carbocycles. The molecule has 0 spiro atoms. The Balaban J connectivity index is 2.98. The van der Waals surface area contributed by atoms with Crippen molar-refractivity contribution in [2.24, 2.45) is 0 Å². The summed E-state index contributed by atoms with van der Waals surface area (Å²) < 4.78 is 0. The van der Waals surface area contributed by atoms with E-state index < -0.39 is 5.97 Å². The summed E-state index contributed by atoms with van der Waals surface area (Å²) in [6.45, 7) is 1.87. The van der Waals surface area contributed by atoms with Crippen molar-refractivity contribution in [2.75, 3.05) is 0 Å². The van der Waals surface area contributed by atoms with E-state index in [0.717, 1.165) is 19.3 Å². The van der Waals surface area contributed by atoms with E-state index in [9.17, 15) is 4.79 Å². The van der Waals surface area contributed by atoms with Crippen molar-refractivity contribution < 1.29 is 15.0 Å². The van der Waals surface area contributed by atoms with Gasteiger partial charge in [-0.15, -0.1) is 0 Å². The Morgan fingerprint density at radius 3 is 1.38 bits per heavy atom. The number of aliphatic carboxylic acids is 1. The molecule has 0 bridgehead atoms. The van der Waals surface area contributed by atoms with E-state index in [1.54, 1.807) is 0 Å². The summed E-state index contributed by atoms with van der Waals surface area (Å²) in [6.07, 6.45) is 17.3. The Morgan fingerprint density at radius 2 is 1.05 bits per heavy atom. The number of hydrogen-bond acceptors (Lipinski definition) is 2. The van der Waals surface area contributed by atoms with E-state index in [2.05, 4.69) is 0 Å². The Hall–Kier alpha value is -0.570. The highest BCUT2D eigenvalue weighted by molar-refractivity contribution is 5.66. The summed E-state index contributed by atoms with van der Waals surface area (Å²) in [7, 11) is 0. The summed E-state index contributed by atoms with van der Waals surface area (Å²) >= 11 is 0. The van der Waals surface area contributed by atoms with Gasteiger partial charge in [0.15, 0.2) is 0 Å². The van der Waals surface area contributed by atoms with Gasteiger partial charge in [0.05, 0.1) is 6.10 Å². The van der Waals surface area contributed by atoms with Gasteiger partial charge in [-0.3, -0.25) is 4.79 Å². The number of carboxylic acid groups (broad SMARTS) is 1. The monoisotopic (exact) mass is 300 g/mol. The van der Waals surface area contributed by atoms with E-state index >= 15 is 0 Å². The Morgan fingerprint density at radius 1 is 0.714 bits per heavy atom. The number of aliphatic hydroxyl groups is 1. The quantitative estimate of drug-likeness (QED) is 0.380. The number of aliphatic hydroxyl groups excluding tert-OH is 1. The van der Waals surface area contributed by atoms with E-state index in [4.69, 9.17) is 10.2 Å². The summed E-state index contributed by atoms with van der Waals surface area (Å²) in [4.78, 5) is 10.3. The predicted octanol–water partition coefficient (Wildman–Crippen LogP) is 5.30. The molecular weight excluding hydrogens is 264 g/mol. The van der Waals surface area contributed by atoms with Gasteiger partial charge < -0.3 is 10.2 Å². The van der Waals surface area contributed by atoms with Crippen molar-refractivity contribution >= 4 is 5.97 Å². The van der Waals surface area contributed by atoms with E-state index in [-0.39, 0.29) is 6.10 Å². The number of rotatable bonds is 16. The van der Waals surface area contributed by atoms with Crippen LogP contribution in [0.1, 0.15) is 103 Å². The molecule has 3 heteroatoms. The predicted molar refractivity (Wildman–Crippen MR) is 88.6 cm³/mol. The SMILES string of the molecule is C[C@H](O)CCCCCCCCCCCCCCCC(=O)O. The average molecular weight is 300 g/mol. The van der Waals surface area contributed by atoms with Crippen LogP contribution < -0.4 is 0 Å². The average Bonchev–Trinajstić information content (AvgIpc) is 2.42. The lowest BCUT2D eigenvalue weighted by atomic mass is 10.0. The van der Waals surface area contributed by atoms with Crippen LogP contribution in [-0.4, -0.2) is 22.3 Å². The van der Waals surface area contributed by atoms with E-state index in [0.29, 0.717) is 6.42 Å². The molecule has 0 saturated heterocycles. The zero-order valence-corrected chi connectivity index (χ0v) is 14.0. The number of unbranched alkanes of at least 4 members (excludes halogenated alkanes) is 12. The second kappa shape index (κ2) is 15.8. The van der Waals surface area contributed by atoms with Crippen LogP contribution in [0.5, 0.6) is 0 Å². The van der Waals surface area contributed by atoms with Crippen LogP contribution in [0.4, 0.5) is 0 Å².